The van der Waals surface area contributed by atoms with E-state index in [2.05, 4.69) is 24.5 Å². The Labute approximate surface area is 147 Å². The zero-order chi connectivity index (χ0) is 17.5. The number of amides is 2. The molecule has 0 radical (unpaired) electrons. The molecule has 0 aliphatic carbocycles. The molecule has 0 spiro atoms. The summed E-state index contributed by atoms with van der Waals surface area (Å²) in [5.41, 5.74) is 2.70. The van der Waals surface area contributed by atoms with Gasteiger partial charge in [0, 0.05) is 17.5 Å². The van der Waals surface area contributed by atoms with E-state index in [9.17, 15) is 9.59 Å². The maximum absolute atomic E-state index is 12.3. The van der Waals surface area contributed by atoms with Gasteiger partial charge in [-0.3, -0.25) is 9.59 Å². The van der Waals surface area contributed by atoms with E-state index in [0.717, 1.165) is 21.8 Å². The Morgan fingerprint density at radius 3 is 2.25 bits per heavy atom. The van der Waals surface area contributed by atoms with E-state index < -0.39 is 0 Å². The van der Waals surface area contributed by atoms with Crippen LogP contribution in [0.4, 0.5) is 11.4 Å². The van der Waals surface area contributed by atoms with Crippen LogP contribution in [0.2, 0.25) is 0 Å². The summed E-state index contributed by atoms with van der Waals surface area (Å²) in [5, 5.41) is 5.75. The number of carbonyl (C=O) groups is 2. The molecule has 0 saturated heterocycles. The van der Waals surface area contributed by atoms with E-state index in [1.165, 1.54) is 18.7 Å². The van der Waals surface area contributed by atoms with E-state index >= 15 is 0 Å². The van der Waals surface area contributed by atoms with Crippen molar-refractivity contribution in [1.82, 2.24) is 0 Å². The van der Waals surface area contributed by atoms with E-state index in [0.29, 0.717) is 5.92 Å². The highest BCUT2D eigenvalue weighted by Gasteiger charge is 2.11. The fraction of sp³-hybridized carbons (Fsp3) is 0.263. The van der Waals surface area contributed by atoms with Crippen molar-refractivity contribution in [3.63, 3.8) is 0 Å². The van der Waals surface area contributed by atoms with Crippen molar-refractivity contribution >= 4 is 35.0 Å². The lowest BCUT2D eigenvalue weighted by Crippen LogP contribution is -2.16. The first-order valence-electron chi connectivity index (χ1n) is 7.85. The second kappa shape index (κ2) is 8.55. The van der Waals surface area contributed by atoms with E-state index in [1.807, 2.05) is 48.5 Å². The molecular formula is C19H22N2O2S. The van der Waals surface area contributed by atoms with Crippen LogP contribution in [0.25, 0.3) is 0 Å². The Kier molecular flexibility index (Phi) is 6.44. The van der Waals surface area contributed by atoms with Gasteiger partial charge >= 0.3 is 0 Å². The van der Waals surface area contributed by atoms with Gasteiger partial charge in [0.15, 0.2) is 0 Å². The van der Waals surface area contributed by atoms with Crippen molar-refractivity contribution in [2.75, 3.05) is 16.4 Å². The zero-order valence-electron chi connectivity index (χ0n) is 14.1. The molecule has 2 aromatic carbocycles. The number of thioether (sulfide) groups is 1. The van der Waals surface area contributed by atoms with E-state index in [1.54, 1.807) is 0 Å². The molecule has 5 heteroatoms. The Balaban J connectivity index is 2.01. The van der Waals surface area contributed by atoms with Crippen LogP contribution in [0.1, 0.15) is 32.3 Å². The summed E-state index contributed by atoms with van der Waals surface area (Å²) in [7, 11) is 0. The summed E-state index contributed by atoms with van der Waals surface area (Å²) < 4.78 is 0. The molecule has 2 rings (SSSR count). The number of nitrogens with one attached hydrogen (secondary N) is 2. The average molecular weight is 342 g/mol. The van der Waals surface area contributed by atoms with Crippen molar-refractivity contribution in [2.45, 2.75) is 31.6 Å². The van der Waals surface area contributed by atoms with E-state index in [4.69, 9.17) is 0 Å². The Hall–Kier alpha value is -2.27. The largest absolute Gasteiger partial charge is 0.325 e. The summed E-state index contributed by atoms with van der Waals surface area (Å²) in [4.78, 5) is 24.4. The molecule has 4 nitrogen and oxygen atoms in total. The number of para-hydroxylation sites is 2. The molecule has 0 bridgehead atoms. The minimum atomic E-state index is -0.127. The maximum Gasteiger partial charge on any atom is 0.234 e. The highest BCUT2D eigenvalue weighted by Crippen LogP contribution is 2.28. The summed E-state index contributed by atoms with van der Waals surface area (Å²) in [6.45, 7) is 5.67. The molecule has 0 heterocycles. The van der Waals surface area contributed by atoms with Gasteiger partial charge in [0.25, 0.3) is 0 Å². The highest BCUT2D eigenvalue weighted by atomic mass is 32.2. The third-order valence-electron chi connectivity index (χ3n) is 3.41. The molecule has 2 aromatic rings. The standard InChI is InChI=1S/C19H22N2O2S/c1-13(2)15-8-4-5-9-16(15)21-19(23)12-24-18-11-7-6-10-17(18)20-14(3)22/h4-11,13H,12H2,1-3H3,(H,20,22)(H,21,23). The summed E-state index contributed by atoms with van der Waals surface area (Å²) in [6, 6.07) is 15.3. The molecule has 2 amide bonds. The molecule has 0 unspecified atom stereocenters. The monoisotopic (exact) mass is 342 g/mol. The SMILES string of the molecule is CC(=O)Nc1ccccc1SCC(=O)Nc1ccccc1C(C)C. The van der Waals surface area contributed by atoms with Gasteiger partial charge in [0.2, 0.25) is 11.8 Å². The summed E-state index contributed by atoms with van der Waals surface area (Å²) in [6.07, 6.45) is 0. The molecule has 24 heavy (non-hydrogen) atoms. The topological polar surface area (TPSA) is 58.2 Å². The van der Waals surface area contributed by atoms with Gasteiger partial charge in [0.1, 0.15) is 0 Å². The molecule has 0 aromatic heterocycles. The minimum absolute atomic E-state index is 0.0641. The molecule has 0 aliphatic rings. The predicted octanol–water partition coefficient (Wildman–Crippen LogP) is 4.50. The molecule has 0 fully saturated rings. The van der Waals surface area contributed by atoms with Crippen LogP contribution in [0.15, 0.2) is 53.4 Å². The van der Waals surface area contributed by atoms with Crippen LogP contribution in [-0.4, -0.2) is 17.6 Å². The Morgan fingerprint density at radius 2 is 1.58 bits per heavy atom. The Bertz CT molecular complexity index is 729. The second-order valence-electron chi connectivity index (χ2n) is 5.76. The Morgan fingerprint density at radius 1 is 0.958 bits per heavy atom. The first-order valence-corrected chi connectivity index (χ1v) is 8.84. The predicted molar refractivity (Wildman–Crippen MR) is 101 cm³/mol. The molecule has 0 saturated carbocycles. The third-order valence-corrected chi connectivity index (χ3v) is 4.49. The minimum Gasteiger partial charge on any atom is -0.325 e. The van der Waals surface area contributed by atoms with Crippen molar-refractivity contribution in [1.29, 1.82) is 0 Å². The second-order valence-corrected chi connectivity index (χ2v) is 6.77. The van der Waals surface area contributed by atoms with Crippen LogP contribution >= 0.6 is 11.8 Å². The third kappa shape index (κ3) is 5.13. The molecule has 0 atom stereocenters. The van der Waals surface area contributed by atoms with Crippen LogP contribution < -0.4 is 10.6 Å². The first-order chi connectivity index (χ1) is 11.5. The fourth-order valence-electron chi connectivity index (χ4n) is 2.33. The normalized spacial score (nSPS) is 10.5. The summed E-state index contributed by atoms with van der Waals surface area (Å²) in [5.74, 6) is 0.432. The van der Waals surface area contributed by atoms with Gasteiger partial charge in [0.05, 0.1) is 11.4 Å². The molecule has 2 N–H and O–H groups in total. The van der Waals surface area contributed by atoms with Gasteiger partial charge in [-0.1, -0.05) is 44.2 Å². The molecular weight excluding hydrogens is 320 g/mol. The van der Waals surface area contributed by atoms with Crippen molar-refractivity contribution < 1.29 is 9.59 Å². The zero-order valence-corrected chi connectivity index (χ0v) is 14.9. The van der Waals surface area contributed by atoms with Crippen LogP contribution in [0.3, 0.4) is 0 Å². The van der Waals surface area contributed by atoms with Crippen LogP contribution in [-0.2, 0) is 9.59 Å². The smallest absolute Gasteiger partial charge is 0.234 e. The fourth-order valence-corrected chi connectivity index (χ4v) is 3.14. The number of hydrogen-bond donors (Lipinski definition) is 2. The summed E-state index contributed by atoms with van der Waals surface area (Å²) >= 11 is 1.40. The van der Waals surface area contributed by atoms with Gasteiger partial charge in [-0.05, 0) is 29.7 Å². The van der Waals surface area contributed by atoms with Crippen molar-refractivity contribution in [2.24, 2.45) is 0 Å². The van der Waals surface area contributed by atoms with Gasteiger partial charge < -0.3 is 10.6 Å². The highest BCUT2D eigenvalue weighted by molar-refractivity contribution is 8.00. The number of hydrogen-bond acceptors (Lipinski definition) is 3. The molecule has 0 aliphatic heterocycles. The van der Waals surface area contributed by atoms with Gasteiger partial charge in [-0.25, -0.2) is 0 Å². The number of anilines is 2. The van der Waals surface area contributed by atoms with E-state index in [-0.39, 0.29) is 17.6 Å². The first kappa shape index (κ1) is 18.1. The average Bonchev–Trinajstić information content (AvgIpc) is 2.54. The van der Waals surface area contributed by atoms with Crippen molar-refractivity contribution in [3.8, 4) is 0 Å². The van der Waals surface area contributed by atoms with Crippen LogP contribution in [0.5, 0.6) is 0 Å². The number of rotatable bonds is 6. The lowest BCUT2D eigenvalue weighted by Gasteiger charge is -2.14. The number of carbonyl (C=O) groups excluding carboxylic acids is 2. The lowest BCUT2D eigenvalue weighted by molar-refractivity contribution is -0.114. The number of benzene rings is 2. The maximum atomic E-state index is 12.3. The quantitative estimate of drug-likeness (QED) is 0.760. The van der Waals surface area contributed by atoms with Gasteiger partial charge in [-0.2, -0.15) is 0 Å². The van der Waals surface area contributed by atoms with Gasteiger partial charge in [-0.15, -0.1) is 11.8 Å². The molecule has 126 valence electrons. The van der Waals surface area contributed by atoms with Crippen molar-refractivity contribution in [3.05, 3.63) is 54.1 Å². The van der Waals surface area contributed by atoms with Crippen LogP contribution in [0, 0.1) is 0 Å². The lowest BCUT2D eigenvalue weighted by atomic mass is 10.0.